The number of rotatable bonds is 9. The minimum Gasteiger partial charge on any atom is -0.497 e. The van der Waals surface area contributed by atoms with Crippen LogP contribution in [0.2, 0.25) is 0 Å². The highest BCUT2D eigenvalue weighted by molar-refractivity contribution is 6.06. The molecule has 5 rings (SSSR count). The number of carbonyl (C=O) groups excluding carboxylic acids is 1. The first kappa shape index (κ1) is 24.8. The summed E-state index contributed by atoms with van der Waals surface area (Å²) in [6.07, 6.45) is 0.765. The molecule has 0 N–H and O–H groups in total. The van der Waals surface area contributed by atoms with Crippen molar-refractivity contribution in [3.8, 4) is 11.5 Å². The molecule has 7 heteroatoms. The van der Waals surface area contributed by atoms with Crippen LogP contribution in [-0.4, -0.2) is 56.1 Å². The molecular formula is C30H32N2O5. The summed E-state index contributed by atoms with van der Waals surface area (Å²) in [4.78, 5) is 32.0. The zero-order valence-electron chi connectivity index (χ0n) is 21.7. The van der Waals surface area contributed by atoms with E-state index in [4.69, 9.17) is 13.9 Å². The lowest BCUT2D eigenvalue weighted by atomic mass is 9.96. The Morgan fingerprint density at radius 1 is 0.946 bits per heavy atom. The average molecular weight is 501 g/mol. The van der Waals surface area contributed by atoms with Crippen LogP contribution < -0.4 is 14.9 Å². The van der Waals surface area contributed by atoms with Gasteiger partial charge in [0.25, 0.3) is 5.91 Å². The normalized spacial score (nSPS) is 15.1. The van der Waals surface area contributed by atoms with E-state index in [1.54, 1.807) is 37.3 Å². The van der Waals surface area contributed by atoms with Crippen molar-refractivity contribution in [3.05, 3.63) is 81.7 Å². The van der Waals surface area contributed by atoms with Crippen molar-refractivity contribution in [2.24, 2.45) is 0 Å². The first-order chi connectivity index (χ1) is 18.0. The Morgan fingerprint density at radius 2 is 1.73 bits per heavy atom. The molecule has 1 aromatic heterocycles. The van der Waals surface area contributed by atoms with Crippen molar-refractivity contribution in [2.45, 2.75) is 26.3 Å². The van der Waals surface area contributed by atoms with Gasteiger partial charge in [-0.2, -0.15) is 0 Å². The van der Waals surface area contributed by atoms with Crippen molar-refractivity contribution < 1.29 is 18.7 Å². The number of nitrogens with zero attached hydrogens (tertiary/aromatic N) is 2. The highest BCUT2D eigenvalue weighted by Gasteiger charge is 2.44. The van der Waals surface area contributed by atoms with E-state index in [9.17, 15) is 9.59 Å². The first-order valence-corrected chi connectivity index (χ1v) is 12.8. The van der Waals surface area contributed by atoms with Gasteiger partial charge >= 0.3 is 0 Å². The minimum absolute atomic E-state index is 0.103. The van der Waals surface area contributed by atoms with Crippen LogP contribution in [0.5, 0.6) is 11.5 Å². The molecule has 0 bridgehead atoms. The van der Waals surface area contributed by atoms with Gasteiger partial charge in [0.1, 0.15) is 17.1 Å². The van der Waals surface area contributed by atoms with Crippen molar-refractivity contribution in [1.82, 2.24) is 9.80 Å². The van der Waals surface area contributed by atoms with Gasteiger partial charge in [0.2, 0.25) is 5.76 Å². The van der Waals surface area contributed by atoms with Crippen LogP contribution in [0.25, 0.3) is 21.7 Å². The summed E-state index contributed by atoms with van der Waals surface area (Å²) in [5, 5.41) is 2.22. The molecule has 0 radical (unpaired) electrons. The van der Waals surface area contributed by atoms with Crippen LogP contribution in [0.3, 0.4) is 0 Å². The molecular weight excluding hydrogens is 468 g/mol. The lowest BCUT2D eigenvalue weighted by Gasteiger charge is -2.28. The summed E-state index contributed by atoms with van der Waals surface area (Å²) >= 11 is 0. The monoisotopic (exact) mass is 500 g/mol. The highest BCUT2D eigenvalue weighted by Crippen LogP contribution is 2.43. The summed E-state index contributed by atoms with van der Waals surface area (Å²) in [5.41, 5.74) is 1.29. The molecule has 192 valence electrons. The van der Waals surface area contributed by atoms with Crippen LogP contribution in [-0.2, 0) is 0 Å². The fraction of sp³-hybridized carbons (Fsp3) is 0.333. The molecule has 1 amide bonds. The molecule has 0 spiro atoms. The van der Waals surface area contributed by atoms with Gasteiger partial charge in [-0.3, -0.25) is 9.59 Å². The van der Waals surface area contributed by atoms with E-state index in [-0.39, 0.29) is 17.1 Å². The Balaban J connectivity index is 1.71. The Bertz CT molecular complexity index is 1520. The van der Waals surface area contributed by atoms with Crippen LogP contribution in [0.4, 0.5) is 0 Å². The third-order valence-electron chi connectivity index (χ3n) is 7.36. The van der Waals surface area contributed by atoms with E-state index in [0.29, 0.717) is 40.1 Å². The Kier molecular flexibility index (Phi) is 6.89. The third-order valence-corrected chi connectivity index (χ3v) is 7.36. The van der Waals surface area contributed by atoms with E-state index in [0.717, 1.165) is 36.8 Å². The number of hydrogen-bond acceptors (Lipinski definition) is 6. The molecule has 3 aromatic carbocycles. The molecule has 0 aliphatic carbocycles. The Morgan fingerprint density at radius 3 is 2.46 bits per heavy atom. The van der Waals surface area contributed by atoms with Crippen LogP contribution in [0.15, 0.2) is 63.8 Å². The number of fused-ring (bicyclic) bond motifs is 4. The SMILES string of the molecule is CCN(CC)CCCN1C(=O)c2oc3c(ccc4ccccc43)c(=O)c2C1c1cc(OC)ccc1OC. The fourth-order valence-corrected chi connectivity index (χ4v) is 5.36. The van der Waals surface area contributed by atoms with Crippen molar-refractivity contribution in [1.29, 1.82) is 0 Å². The van der Waals surface area contributed by atoms with Gasteiger partial charge < -0.3 is 23.7 Å². The van der Waals surface area contributed by atoms with E-state index in [2.05, 4.69) is 18.7 Å². The number of carbonyl (C=O) groups is 1. The predicted octanol–water partition coefficient (Wildman–Crippen LogP) is 5.24. The number of hydrogen-bond donors (Lipinski definition) is 0. The van der Waals surface area contributed by atoms with Gasteiger partial charge in [-0.1, -0.05) is 44.2 Å². The molecule has 0 saturated carbocycles. The van der Waals surface area contributed by atoms with Crippen LogP contribution in [0, 0.1) is 0 Å². The highest BCUT2D eigenvalue weighted by atomic mass is 16.5. The van der Waals surface area contributed by atoms with Crippen molar-refractivity contribution >= 4 is 27.6 Å². The second-order valence-corrected chi connectivity index (χ2v) is 9.23. The lowest BCUT2D eigenvalue weighted by Crippen LogP contribution is -2.33. The van der Waals surface area contributed by atoms with Gasteiger partial charge in [0.05, 0.1) is 31.2 Å². The second-order valence-electron chi connectivity index (χ2n) is 9.23. The summed E-state index contributed by atoms with van der Waals surface area (Å²) in [5.74, 6) is 1.03. The molecule has 37 heavy (non-hydrogen) atoms. The summed E-state index contributed by atoms with van der Waals surface area (Å²) in [6, 6.07) is 16.2. The number of methoxy groups -OCH3 is 2. The third kappa shape index (κ3) is 4.23. The standard InChI is InChI=1S/C30H32N2O5/c1-5-31(6-2)16-9-17-32-26(23-18-20(35-3)13-15-24(23)36-4)25-27(33)22-14-12-19-10-7-8-11-21(19)28(22)37-29(25)30(32)34/h7-8,10-15,18,26H,5-6,9,16-17H2,1-4H3. The minimum atomic E-state index is -0.642. The molecule has 0 saturated heterocycles. The summed E-state index contributed by atoms with van der Waals surface area (Å²) in [6.45, 7) is 7.46. The maximum Gasteiger partial charge on any atom is 0.290 e. The van der Waals surface area contributed by atoms with E-state index < -0.39 is 6.04 Å². The lowest BCUT2D eigenvalue weighted by molar-refractivity contribution is 0.0718. The number of amides is 1. The van der Waals surface area contributed by atoms with Gasteiger partial charge in [-0.05, 0) is 55.7 Å². The molecule has 1 unspecified atom stereocenters. The van der Waals surface area contributed by atoms with Gasteiger partial charge in [-0.15, -0.1) is 0 Å². The van der Waals surface area contributed by atoms with Gasteiger partial charge in [0.15, 0.2) is 5.43 Å². The number of benzene rings is 3. The largest absolute Gasteiger partial charge is 0.497 e. The second kappa shape index (κ2) is 10.3. The molecule has 7 nitrogen and oxygen atoms in total. The molecule has 1 aliphatic heterocycles. The molecule has 0 fully saturated rings. The average Bonchev–Trinajstić information content (AvgIpc) is 3.22. The zero-order valence-corrected chi connectivity index (χ0v) is 21.7. The maximum absolute atomic E-state index is 14.0. The van der Waals surface area contributed by atoms with Crippen LogP contribution >= 0.6 is 0 Å². The van der Waals surface area contributed by atoms with Gasteiger partial charge in [-0.25, -0.2) is 0 Å². The molecule has 4 aromatic rings. The van der Waals surface area contributed by atoms with E-state index >= 15 is 0 Å². The summed E-state index contributed by atoms with van der Waals surface area (Å²) in [7, 11) is 3.18. The van der Waals surface area contributed by atoms with Crippen molar-refractivity contribution in [2.75, 3.05) is 40.4 Å². The van der Waals surface area contributed by atoms with Crippen LogP contribution in [0.1, 0.15) is 48.0 Å². The maximum atomic E-state index is 14.0. The smallest absolute Gasteiger partial charge is 0.290 e. The quantitative estimate of drug-likeness (QED) is 0.293. The fourth-order valence-electron chi connectivity index (χ4n) is 5.36. The molecule has 1 atom stereocenters. The predicted molar refractivity (Wildman–Crippen MR) is 145 cm³/mol. The number of ether oxygens (including phenoxy) is 2. The van der Waals surface area contributed by atoms with Crippen molar-refractivity contribution in [3.63, 3.8) is 0 Å². The summed E-state index contributed by atoms with van der Waals surface area (Å²) < 4.78 is 17.5. The first-order valence-electron chi connectivity index (χ1n) is 12.8. The molecule has 2 heterocycles. The topological polar surface area (TPSA) is 72.2 Å². The van der Waals surface area contributed by atoms with E-state index in [1.807, 2.05) is 36.4 Å². The Labute approximate surface area is 216 Å². The zero-order chi connectivity index (χ0) is 26.1. The Hall–Kier alpha value is -3.84. The van der Waals surface area contributed by atoms with Gasteiger partial charge in [0, 0.05) is 17.5 Å². The molecule has 1 aliphatic rings. The van der Waals surface area contributed by atoms with E-state index in [1.165, 1.54) is 0 Å².